The maximum absolute atomic E-state index is 13.7. The zero-order valence-electron chi connectivity index (χ0n) is 20.4. The molecule has 0 saturated heterocycles. The Balaban J connectivity index is 1.80. The number of ether oxygens (including phenoxy) is 4. The van der Waals surface area contributed by atoms with Crippen LogP contribution in [0.3, 0.4) is 0 Å². The normalized spacial score (nSPS) is 19.4. The van der Waals surface area contributed by atoms with Gasteiger partial charge in [0.2, 0.25) is 5.75 Å². The number of hydrogen-bond acceptors (Lipinski definition) is 10. The van der Waals surface area contributed by atoms with Crippen LogP contribution in [0.5, 0.6) is 17.2 Å². The van der Waals surface area contributed by atoms with Crippen LogP contribution in [0.15, 0.2) is 46.1 Å². The molecular weight excluding hydrogens is 497 g/mol. The zero-order chi connectivity index (χ0) is 26.5. The van der Waals surface area contributed by atoms with Gasteiger partial charge >= 0.3 is 19.4 Å². The Morgan fingerprint density at radius 2 is 1.86 bits per heavy atom. The minimum atomic E-state index is -4.25. The molecule has 4 atom stereocenters. The minimum absolute atomic E-state index is 0.00794. The Morgan fingerprint density at radius 1 is 1.19 bits per heavy atom. The largest absolute Gasteiger partial charge is 0.493 e. The topological polar surface area (TPSA) is 156 Å². The van der Waals surface area contributed by atoms with E-state index in [-0.39, 0.29) is 23.9 Å². The zero-order valence-corrected chi connectivity index (χ0v) is 21.3. The predicted molar refractivity (Wildman–Crippen MR) is 127 cm³/mol. The fraction of sp³-hybridized carbons (Fsp3) is 0.409. The van der Waals surface area contributed by atoms with Gasteiger partial charge in [0, 0.05) is 11.8 Å². The fourth-order valence-electron chi connectivity index (χ4n) is 3.27. The molecule has 1 aromatic carbocycles. The van der Waals surface area contributed by atoms with E-state index in [0.29, 0.717) is 5.56 Å². The summed E-state index contributed by atoms with van der Waals surface area (Å²) in [6.45, 7) is 2.71. The average Bonchev–Trinajstić information content (AvgIpc) is 3.33. The standard InChI is InChI=1S/C22H28N3O10P/c1-13-11-25(22(28)23-20(13)26)18-10-9-15(34-18)12-33-36(29,24-14(2)21(27)32-5)35-19-16(30-3)7-6-8-17(19)31-4/h6-11,14-15,18H,12H2,1-5H3,(H,24,29)(H,23,26,28)/t14-,15-,18+,36?/m0/s1. The summed E-state index contributed by atoms with van der Waals surface area (Å²) in [7, 11) is -0.268. The number of esters is 1. The first-order valence-corrected chi connectivity index (χ1v) is 12.3. The van der Waals surface area contributed by atoms with E-state index in [9.17, 15) is 18.9 Å². The quantitative estimate of drug-likeness (QED) is 0.250. The second-order valence-electron chi connectivity index (χ2n) is 7.68. The number of benzene rings is 1. The number of rotatable bonds is 11. The minimum Gasteiger partial charge on any atom is -0.493 e. The average molecular weight is 525 g/mol. The number of hydrogen-bond donors (Lipinski definition) is 2. The van der Waals surface area contributed by atoms with Gasteiger partial charge in [-0.05, 0) is 32.1 Å². The van der Waals surface area contributed by atoms with Gasteiger partial charge in [0.25, 0.3) is 5.56 Å². The molecule has 0 spiro atoms. The first kappa shape index (κ1) is 27.2. The third-order valence-electron chi connectivity index (χ3n) is 5.13. The Bertz CT molecular complexity index is 1270. The molecule has 2 heterocycles. The molecule has 1 aliphatic heterocycles. The van der Waals surface area contributed by atoms with Gasteiger partial charge in [0.05, 0.1) is 27.9 Å². The van der Waals surface area contributed by atoms with Crippen molar-refractivity contribution in [1.82, 2.24) is 14.6 Å². The van der Waals surface area contributed by atoms with Crippen molar-refractivity contribution >= 4 is 13.7 Å². The summed E-state index contributed by atoms with van der Waals surface area (Å²) in [5.41, 5.74) is -0.808. The van der Waals surface area contributed by atoms with E-state index < -0.39 is 43.3 Å². The highest BCUT2D eigenvalue weighted by molar-refractivity contribution is 7.52. The Morgan fingerprint density at radius 3 is 2.47 bits per heavy atom. The van der Waals surface area contributed by atoms with Gasteiger partial charge < -0.3 is 23.5 Å². The summed E-state index contributed by atoms with van der Waals surface area (Å²) < 4.78 is 47.3. The molecule has 1 aliphatic rings. The van der Waals surface area contributed by atoms with Crippen molar-refractivity contribution in [3.05, 3.63) is 62.9 Å². The maximum Gasteiger partial charge on any atom is 0.459 e. The SMILES string of the molecule is COC(=O)[C@H](C)NP(=O)(OC[C@@H]1C=C[C@H](n2cc(C)c(=O)[nH]c2=O)O1)Oc1c(OC)cccc1OC. The number of nitrogens with zero attached hydrogens (tertiary/aromatic N) is 1. The van der Waals surface area contributed by atoms with Crippen LogP contribution in [-0.2, 0) is 23.4 Å². The van der Waals surface area contributed by atoms with Crippen LogP contribution >= 0.6 is 7.75 Å². The highest BCUT2D eigenvalue weighted by Crippen LogP contribution is 2.51. The molecule has 36 heavy (non-hydrogen) atoms. The van der Waals surface area contributed by atoms with Gasteiger partial charge in [-0.2, -0.15) is 5.09 Å². The van der Waals surface area contributed by atoms with E-state index in [1.54, 1.807) is 37.3 Å². The molecule has 0 saturated carbocycles. The van der Waals surface area contributed by atoms with Crippen molar-refractivity contribution in [2.75, 3.05) is 27.9 Å². The van der Waals surface area contributed by atoms with Gasteiger partial charge in [-0.25, -0.2) is 9.36 Å². The maximum atomic E-state index is 13.7. The number of carbonyl (C=O) groups excluding carboxylic acids is 1. The third-order valence-corrected chi connectivity index (χ3v) is 6.75. The van der Waals surface area contributed by atoms with E-state index in [0.717, 1.165) is 0 Å². The van der Waals surface area contributed by atoms with E-state index >= 15 is 0 Å². The molecule has 196 valence electrons. The first-order valence-electron chi connectivity index (χ1n) is 10.8. The van der Waals surface area contributed by atoms with Crippen LogP contribution in [0.2, 0.25) is 0 Å². The highest BCUT2D eigenvalue weighted by atomic mass is 31.2. The number of carbonyl (C=O) groups is 1. The summed E-state index contributed by atoms with van der Waals surface area (Å²) >= 11 is 0. The summed E-state index contributed by atoms with van der Waals surface area (Å²) in [6.07, 6.45) is 3.02. The third kappa shape index (κ3) is 6.24. The highest BCUT2D eigenvalue weighted by Gasteiger charge is 2.36. The van der Waals surface area contributed by atoms with Gasteiger partial charge in [-0.15, -0.1) is 0 Å². The summed E-state index contributed by atoms with van der Waals surface area (Å²) in [5.74, 6) is -0.267. The van der Waals surface area contributed by atoms with Crippen LogP contribution in [0.4, 0.5) is 0 Å². The Labute approximate surface area is 206 Å². The smallest absolute Gasteiger partial charge is 0.459 e. The van der Waals surface area contributed by atoms with Gasteiger partial charge in [-0.3, -0.25) is 23.7 Å². The van der Waals surface area contributed by atoms with Crippen molar-refractivity contribution < 1.29 is 37.4 Å². The number of para-hydroxylation sites is 1. The van der Waals surface area contributed by atoms with Crippen LogP contribution in [0.25, 0.3) is 0 Å². The number of aryl methyl sites for hydroxylation is 1. The lowest BCUT2D eigenvalue weighted by Gasteiger charge is -2.25. The summed E-state index contributed by atoms with van der Waals surface area (Å²) in [5, 5.41) is 2.54. The van der Waals surface area contributed by atoms with E-state index in [4.69, 9.17) is 28.0 Å². The number of nitrogens with one attached hydrogen (secondary N) is 2. The van der Waals surface area contributed by atoms with Crippen molar-refractivity contribution in [3.63, 3.8) is 0 Å². The number of H-pyrrole nitrogens is 1. The Kier molecular flexibility index (Phi) is 8.75. The van der Waals surface area contributed by atoms with Crippen LogP contribution in [-0.4, -0.2) is 55.6 Å². The van der Waals surface area contributed by atoms with Gasteiger partial charge in [0.15, 0.2) is 17.7 Å². The first-order chi connectivity index (χ1) is 17.1. The molecule has 0 aliphatic carbocycles. The molecule has 14 heteroatoms. The van der Waals surface area contributed by atoms with Crippen molar-refractivity contribution in [2.24, 2.45) is 0 Å². The van der Waals surface area contributed by atoms with Crippen LogP contribution in [0.1, 0.15) is 18.7 Å². The molecule has 0 amide bonds. The fourth-order valence-corrected chi connectivity index (χ4v) is 4.80. The molecule has 13 nitrogen and oxygen atoms in total. The van der Waals surface area contributed by atoms with Gasteiger partial charge in [0.1, 0.15) is 12.1 Å². The van der Waals surface area contributed by atoms with Crippen molar-refractivity contribution in [2.45, 2.75) is 32.2 Å². The van der Waals surface area contributed by atoms with Crippen LogP contribution in [0, 0.1) is 6.92 Å². The molecule has 1 aromatic heterocycles. The number of aromatic amines is 1. The van der Waals surface area contributed by atoms with Gasteiger partial charge in [-0.1, -0.05) is 12.1 Å². The van der Waals surface area contributed by atoms with E-state index in [1.807, 2.05) is 0 Å². The van der Waals surface area contributed by atoms with Crippen LogP contribution < -0.4 is 30.3 Å². The second kappa shape index (κ2) is 11.6. The Hall–Kier alpha value is -3.38. The van der Waals surface area contributed by atoms with Crippen molar-refractivity contribution in [3.8, 4) is 17.2 Å². The molecule has 0 fully saturated rings. The van der Waals surface area contributed by atoms with Crippen molar-refractivity contribution in [1.29, 1.82) is 0 Å². The summed E-state index contributed by atoms with van der Waals surface area (Å²) in [6, 6.07) is 3.74. The lowest BCUT2D eigenvalue weighted by molar-refractivity contribution is -0.142. The van der Waals surface area contributed by atoms with E-state index in [1.165, 1.54) is 39.0 Å². The molecule has 1 unspecified atom stereocenters. The lowest BCUT2D eigenvalue weighted by Crippen LogP contribution is -2.35. The molecular formula is C22H28N3O10P. The lowest BCUT2D eigenvalue weighted by atomic mass is 10.3. The predicted octanol–water partition coefficient (Wildman–Crippen LogP) is 1.67. The molecule has 2 N–H and O–H groups in total. The summed E-state index contributed by atoms with van der Waals surface area (Å²) in [4.78, 5) is 38.0. The molecule has 2 aromatic rings. The number of methoxy groups -OCH3 is 3. The molecule has 0 bridgehead atoms. The van der Waals surface area contributed by atoms with E-state index in [2.05, 4.69) is 10.1 Å². The monoisotopic (exact) mass is 525 g/mol. The number of aromatic nitrogens is 2. The molecule has 0 radical (unpaired) electrons. The molecule has 3 rings (SSSR count). The second-order valence-corrected chi connectivity index (χ2v) is 9.37.